The Morgan fingerprint density at radius 1 is 0.906 bits per heavy atom. The van der Waals surface area contributed by atoms with Gasteiger partial charge in [0.15, 0.2) is 17.5 Å². The van der Waals surface area contributed by atoms with Crippen LogP contribution in [-0.4, -0.2) is 31.7 Å². The van der Waals surface area contributed by atoms with Crippen LogP contribution in [0.2, 0.25) is 0 Å². The van der Waals surface area contributed by atoms with E-state index < -0.39 is 0 Å². The van der Waals surface area contributed by atoms with Gasteiger partial charge in [0.1, 0.15) is 12.4 Å². The van der Waals surface area contributed by atoms with Crippen molar-refractivity contribution in [3.63, 3.8) is 0 Å². The van der Waals surface area contributed by atoms with E-state index in [-0.39, 0.29) is 0 Å². The van der Waals surface area contributed by atoms with Crippen LogP contribution in [0.25, 0.3) is 0 Å². The van der Waals surface area contributed by atoms with E-state index >= 15 is 0 Å². The predicted molar refractivity (Wildman–Crippen MR) is 126 cm³/mol. The molecular formula is C25H30N4O3. The lowest BCUT2D eigenvalue weighted by Gasteiger charge is -2.13. The molecule has 1 aromatic heterocycles. The fourth-order valence-electron chi connectivity index (χ4n) is 3.02. The van der Waals surface area contributed by atoms with Crippen LogP contribution >= 0.6 is 0 Å². The average molecular weight is 435 g/mol. The zero-order valence-electron chi connectivity index (χ0n) is 18.8. The maximum absolute atomic E-state index is 5.80. The zero-order valence-corrected chi connectivity index (χ0v) is 18.8. The Balaban J connectivity index is 1.54. The molecule has 0 aliphatic heterocycles. The summed E-state index contributed by atoms with van der Waals surface area (Å²) < 4.78 is 16.5. The van der Waals surface area contributed by atoms with Crippen molar-refractivity contribution in [2.45, 2.75) is 26.6 Å². The van der Waals surface area contributed by atoms with Gasteiger partial charge >= 0.3 is 0 Å². The summed E-state index contributed by atoms with van der Waals surface area (Å²) in [6.45, 7) is 4.44. The minimum absolute atomic E-state index is 0.450. The molecule has 0 bridgehead atoms. The van der Waals surface area contributed by atoms with Crippen molar-refractivity contribution in [1.29, 1.82) is 0 Å². The number of hydrogen-bond donors (Lipinski definition) is 2. The number of guanidine groups is 1. The van der Waals surface area contributed by atoms with Crippen LogP contribution in [0.3, 0.4) is 0 Å². The number of methoxy groups -OCH3 is 2. The molecule has 7 nitrogen and oxygen atoms in total. The van der Waals surface area contributed by atoms with Gasteiger partial charge in [0.05, 0.1) is 26.5 Å². The average Bonchev–Trinajstić information content (AvgIpc) is 2.85. The first-order valence-electron chi connectivity index (χ1n) is 10.6. The van der Waals surface area contributed by atoms with Gasteiger partial charge in [-0.1, -0.05) is 24.3 Å². The molecule has 0 aliphatic rings. The number of rotatable bonds is 10. The van der Waals surface area contributed by atoms with Crippen molar-refractivity contribution in [2.75, 3.05) is 20.8 Å². The Labute approximate surface area is 189 Å². The number of aliphatic imine (C=N–C) groups is 1. The molecule has 0 saturated heterocycles. The molecule has 0 atom stereocenters. The molecule has 0 unspecified atom stereocenters. The quantitative estimate of drug-likeness (QED) is 0.372. The zero-order chi connectivity index (χ0) is 22.6. The molecule has 0 saturated carbocycles. The molecule has 0 amide bonds. The van der Waals surface area contributed by atoms with Gasteiger partial charge in [0.25, 0.3) is 0 Å². The van der Waals surface area contributed by atoms with Crippen LogP contribution in [0.5, 0.6) is 17.2 Å². The van der Waals surface area contributed by atoms with Crippen LogP contribution in [0.1, 0.15) is 23.7 Å². The Morgan fingerprint density at radius 2 is 1.69 bits per heavy atom. The number of ether oxygens (including phenoxy) is 3. The number of hydrogen-bond acceptors (Lipinski definition) is 5. The van der Waals surface area contributed by atoms with Gasteiger partial charge in [-0.3, -0.25) is 4.98 Å². The summed E-state index contributed by atoms with van der Waals surface area (Å²) in [5, 5.41) is 6.64. The monoisotopic (exact) mass is 434 g/mol. The van der Waals surface area contributed by atoms with E-state index in [1.807, 2.05) is 67.6 Å². The first-order chi connectivity index (χ1) is 15.7. The lowest BCUT2D eigenvalue weighted by Crippen LogP contribution is -2.36. The highest BCUT2D eigenvalue weighted by Gasteiger charge is 2.05. The Kier molecular flexibility index (Phi) is 8.74. The maximum Gasteiger partial charge on any atom is 0.191 e. The van der Waals surface area contributed by atoms with Crippen LogP contribution in [-0.2, 0) is 19.7 Å². The molecule has 168 valence electrons. The molecule has 2 N–H and O–H groups in total. The topological polar surface area (TPSA) is 77.0 Å². The van der Waals surface area contributed by atoms with E-state index in [4.69, 9.17) is 14.2 Å². The lowest BCUT2D eigenvalue weighted by atomic mass is 10.2. The number of aromatic nitrogens is 1. The second-order valence-electron chi connectivity index (χ2n) is 6.99. The molecule has 7 heteroatoms. The van der Waals surface area contributed by atoms with Gasteiger partial charge in [0, 0.05) is 19.3 Å². The van der Waals surface area contributed by atoms with Crippen molar-refractivity contribution in [3.05, 3.63) is 83.7 Å². The molecule has 0 spiro atoms. The van der Waals surface area contributed by atoms with Crippen molar-refractivity contribution in [3.8, 4) is 17.2 Å². The SMILES string of the molecule is CCNC(=NCc1ccc(OC)c(OC)c1)NCc1ccc(OCc2ccccn2)cc1. The van der Waals surface area contributed by atoms with Crippen LogP contribution in [0.15, 0.2) is 71.9 Å². The minimum atomic E-state index is 0.450. The standard InChI is InChI=1S/C25H30N4O3/c1-4-26-25(29-17-20-10-13-23(30-2)24(15-20)31-3)28-16-19-8-11-22(12-9-19)32-18-21-7-5-6-14-27-21/h5-15H,4,16-18H2,1-3H3,(H2,26,28,29). The minimum Gasteiger partial charge on any atom is -0.493 e. The second kappa shape index (κ2) is 12.2. The van der Waals surface area contributed by atoms with Crippen LogP contribution in [0, 0.1) is 0 Å². The summed E-state index contributed by atoms with van der Waals surface area (Å²) in [4.78, 5) is 8.94. The molecular weight excluding hydrogens is 404 g/mol. The highest BCUT2D eigenvalue weighted by atomic mass is 16.5. The summed E-state index contributed by atoms with van der Waals surface area (Å²) in [6.07, 6.45) is 1.77. The molecule has 0 fully saturated rings. The van der Waals surface area contributed by atoms with Gasteiger partial charge in [-0.05, 0) is 54.4 Å². The summed E-state index contributed by atoms with van der Waals surface area (Å²) in [5.74, 6) is 2.97. The van der Waals surface area contributed by atoms with E-state index in [2.05, 4.69) is 20.6 Å². The normalized spacial score (nSPS) is 11.0. The van der Waals surface area contributed by atoms with Crippen molar-refractivity contribution >= 4 is 5.96 Å². The Morgan fingerprint density at radius 3 is 2.38 bits per heavy atom. The van der Waals surface area contributed by atoms with Gasteiger partial charge in [-0.2, -0.15) is 0 Å². The fourth-order valence-corrected chi connectivity index (χ4v) is 3.02. The second-order valence-corrected chi connectivity index (χ2v) is 6.99. The molecule has 32 heavy (non-hydrogen) atoms. The van der Waals surface area contributed by atoms with E-state index in [1.54, 1.807) is 20.4 Å². The largest absolute Gasteiger partial charge is 0.493 e. The maximum atomic E-state index is 5.80. The van der Waals surface area contributed by atoms with Crippen molar-refractivity contribution in [1.82, 2.24) is 15.6 Å². The van der Waals surface area contributed by atoms with Crippen molar-refractivity contribution in [2.24, 2.45) is 4.99 Å². The number of nitrogens with zero attached hydrogens (tertiary/aromatic N) is 2. The Bertz CT molecular complexity index is 992. The molecule has 3 aromatic rings. The highest BCUT2D eigenvalue weighted by Crippen LogP contribution is 2.27. The van der Waals surface area contributed by atoms with E-state index in [1.165, 1.54) is 0 Å². The fraction of sp³-hybridized carbons (Fsp3) is 0.280. The summed E-state index contributed by atoms with van der Waals surface area (Å²) in [6, 6.07) is 19.6. The third-order valence-corrected chi connectivity index (χ3v) is 4.71. The van der Waals surface area contributed by atoms with Crippen LogP contribution < -0.4 is 24.8 Å². The van der Waals surface area contributed by atoms with E-state index in [0.717, 1.165) is 35.1 Å². The first kappa shape index (κ1) is 22.9. The number of benzene rings is 2. The molecule has 0 aliphatic carbocycles. The van der Waals surface area contributed by atoms with E-state index in [0.29, 0.717) is 31.2 Å². The Hall–Kier alpha value is -3.74. The third kappa shape index (κ3) is 6.91. The summed E-state index contributed by atoms with van der Waals surface area (Å²) in [5.41, 5.74) is 3.07. The van der Waals surface area contributed by atoms with Gasteiger partial charge < -0.3 is 24.8 Å². The molecule has 2 aromatic carbocycles. The number of nitrogens with one attached hydrogen (secondary N) is 2. The van der Waals surface area contributed by atoms with E-state index in [9.17, 15) is 0 Å². The molecule has 0 radical (unpaired) electrons. The smallest absolute Gasteiger partial charge is 0.191 e. The van der Waals surface area contributed by atoms with Crippen LogP contribution in [0.4, 0.5) is 0 Å². The highest BCUT2D eigenvalue weighted by molar-refractivity contribution is 5.79. The van der Waals surface area contributed by atoms with Gasteiger partial charge in [-0.25, -0.2) is 4.99 Å². The summed E-state index contributed by atoms with van der Waals surface area (Å²) >= 11 is 0. The lowest BCUT2D eigenvalue weighted by molar-refractivity contribution is 0.301. The van der Waals surface area contributed by atoms with Gasteiger partial charge in [-0.15, -0.1) is 0 Å². The van der Waals surface area contributed by atoms with Gasteiger partial charge in [0.2, 0.25) is 0 Å². The summed E-state index contributed by atoms with van der Waals surface area (Å²) in [7, 11) is 3.26. The molecule has 1 heterocycles. The molecule has 3 rings (SSSR count). The third-order valence-electron chi connectivity index (χ3n) is 4.71. The van der Waals surface area contributed by atoms with Crippen molar-refractivity contribution < 1.29 is 14.2 Å². The number of pyridine rings is 1. The first-order valence-corrected chi connectivity index (χ1v) is 10.6. The predicted octanol–water partition coefficient (Wildman–Crippen LogP) is 3.93.